The highest BCUT2D eigenvalue weighted by atomic mass is 16.5. The second-order valence-electron chi connectivity index (χ2n) is 4.97. The third-order valence-electron chi connectivity index (χ3n) is 3.28. The van der Waals surface area contributed by atoms with Crippen LogP contribution in [-0.4, -0.2) is 29.6 Å². The van der Waals surface area contributed by atoms with Crippen LogP contribution in [-0.2, 0) is 16.0 Å². The second kappa shape index (κ2) is 6.95. The third-order valence-corrected chi connectivity index (χ3v) is 3.28. The number of hydrogen-bond acceptors (Lipinski definition) is 5. The van der Waals surface area contributed by atoms with E-state index in [9.17, 15) is 14.4 Å². The smallest absolute Gasteiger partial charge is 0.336 e. The van der Waals surface area contributed by atoms with Crippen LogP contribution in [0, 0.1) is 0 Å². The maximum Gasteiger partial charge on any atom is 0.336 e. The SMILES string of the molecule is CCc1cc(=O)oc2cc(OC(C)C(=O)NCC(=O)O)ccc12. The predicted octanol–water partition coefficient (Wildman–Crippen LogP) is 1.32. The van der Waals surface area contributed by atoms with Gasteiger partial charge in [-0.25, -0.2) is 4.79 Å². The fraction of sp³-hybridized carbons (Fsp3) is 0.312. The van der Waals surface area contributed by atoms with Gasteiger partial charge >= 0.3 is 11.6 Å². The lowest BCUT2D eigenvalue weighted by atomic mass is 10.1. The van der Waals surface area contributed by atoms with Crippen molar-refractivity contribution in [1.29, 1.82) is 0 Å². The molecule has 2 rings (SSSR count). The molecule has 7 nitrogen and oxygen atoms in total. The van der Waals surface area contributed by atoms with E-state index in [-0.39, 0.29) is 0 Å². The third kappa shape index (κ3) is 4.09. The number of amides is 1. The van der Waals surface area contributed by atoms with Crippen molar-refractivity contribution in [1.82, 2.24) is 5.32 Å². The van der Waals surface area contributed by atoms with E-state index in [0.717, 1.165) is 10.9 Å². The van der Waals surface area contributed by atoms with Gasteiger partial charge in [0.05, 0.1) is 0 Å². The molecule has 2 aromatic rings. The van der Waals surface area contributed by atoms with E-state index in [2.05, 4.69) is 5.32 Å². The molecule has 2 N–H and O–H groups in total. The first-order valence-corrected chi connectivity index (χ1v) is 7.13. The van der Waals surface area contributed by atoms with Crippen molar-refractivity contribution in [2.75, 3.05) is 6.54 Å². The summed E-state index contributed by atoms with van der Waals surface area (Å²) in [5.41, 5.74) is 0.804. The van der Waals surface area contributed by atoms with Crippen molar-refractivity contribution in [3.8, 4) is 5.75 Å². The zero-order chi connectivity index (χ0) is 17.0. The number of ether oxygens (including phenoxy) is 1. The molecule has 1 aromatic carbocycles. The number of nitrogens with one attached hydrogen (secondary N) is 1. The number of aliphatic carboxylic acids is 1. The summed E-state index contributed by atoms with van der Waals surface area (Å²) in [5, 5.41) is 11.6. The van der Waals surface area contributed by atoms with Crippen molar-refractivity contribution in [2.24, 2.45) is 0 Å². The Bertz CT molecular complexity index is 795. The number of benzene rings is 1. The van der Waals surface area contributed by atoms with Crippen LogP contribution in [0.5, 0.6) is 5.75 Å². The number of aryl methyl sites for hydroxylation is 1. The molecule has 7 heteroatoms. The minimum Gasteiger partial charge on any atom is -0.481 e. The molecule has 0 fully saturated rings. The van der Waals surface area contributed by atoms with E-state index < -0.39 is 30.2 Å². The Morgan fingerprint density at radius 3 is 2.74 bits per heavy atom. The van der Waals surface area contributed by atoms with Gasteiger partial charge in [0, 0.05) is 17.5 Å². The van der Waals surface area contributed by atoms with Gasteiger partial charge in [-0.3, -0.25) is 9.59 Å². The van der Waals surface area contributed by atoms with Crippen molar-refractivity contribution in [2.45, 2.75) is 26.4 Å². The summed E-state index contributed by atoms with van der Waals surface area (Å²) in [6.45, 7) is 2.96. The van der Waals surface area contributed by atoms with Crippen LogP contribution in [0.2, 0.25) is 0 Å². The Kier molecular flexibility index (Phi) is 5.00. The molecule has 122 valence electrons. The quantitative estimate of drug-likeness (QED) is 0.778. The van der Waals surface area contributed by atoms with E-state index in [1.54, 1.807) is 12.1 Å². The highest BCUT2D eigenvalue weighted by Gasteiger charge is 2.16. The summed E-state index contributed by atoms with van der Waals surface area (Å²) in [6, 6.07) is 6.42. The molecule has 0 aliphatic carbocycles. The molecule has 0 saturated heterocycles. The van der Waals surface area contributed by atoms with Crippen LogP contribution in [0.25, 0.3) is 11.0 Å². The standard InChI is InChI=1S/C16H17NO6/c1-3-10-6-15(20)23-13-7-11(4-5-12(10)13)22-9(2)16(21)17-8-14(18)19/h4-7,9H,3,8H2,1-2H3,(H,17,21)(H,18,19). The average molecular weight is 319 g/mol. The van der Waals surface area contributed by atoms with Crippen LogP contribution in [0.15, 0.2) is 33.5 Å². The van der Waals surface area contributed by atoms with Gasteiger partial charge < -0.3 is 19.6 Å². The van der Waals surface area contributed by atoms with Crippen molar-refractivity contribution in [3.05, 3.63) is 40.2 Å². The van der Waals surface area contributed by atoms with E-state index in [4.69, 9.17) is 14.3 Å². The molecular weight excluding hydrogens is 302 g/mol. The zero-order valence-corrected chi connectivity index (χ0v) is 12.8. The van der Waals surface area contributed by atoms with Gasteiger partial charge in [-0.15, -0.1) is 0 Å². The Balaban J connectivity index is 2.19. The number of rotatable bonds is 6. The first-order chi connectivity index (χ1) is 10.9. The van der Waals surface area contributed by atoms with Gasteiger partial charge in [0.2, 0.25) is 0 Å². The summed E-state index contributed by atoms with van der Waals surface area (Å²) < 4.78 is 10.6. The summed E-state index contributed by atoms with van der Waals surface area (Å²) in [4.78, 5) is 33.6. The molecule has 0 aliphatic heterocycles. The Labute approximate surface area is 131 Å². The number of carboxylic acid groups (broad SMARTS) is 1. The number of carbonyl (C=O) groups is 2. The lowest BCUT2D eigenvalue weighted by Gasteiger charge is -2.14. The molecular formula is C16H17NO6. The number of carbonyl (C=O) groups excluding carboxylic acids is 1. The Morgan fingerprint density at radius 2 is 2.09 bits per heavy atom. The van der Waals surface area contributed by atoms with Gasteiger partial charge in [0.15, 0.2) is 6.10 Å². The van der Waals surface area contributed by atoms with Gasteiger partial charge in [-0.05, 0) is 31.0 Å². The van der Waals surface area contributed by atoms with E-state index >= 15 is 0 Å². The number of carboxylic acids is 1. The van der Waals surface area contributed by atoms with Crippen LogP contribution < -0.4 is 15.7 Å². The molecule has 0 bridgehead atoms. The average Bonchev–Trinajstić information content (AvgIpc) is 2.51. The van der Waals surface area contributed by atoms with Crippen LogP contribution in [0.3, 0.4) is 0 Å². The molecule has 1 heterocycles. The lowest BCUT2D eigenvalue weighted by molar-refractivity contribution is -0.139. The minimum atomic E-state index is -1.13. The normalized spacial score (nSPS) is 11.9. The monoisotopic (exact) mass is 319 g/mol. The summed E-state index contributed by atoms with van der Waals surface area (Å²) in [6.07, 6.45) is -0.191. The maximum atomic E-state index is 11.7. The highest BCUT2D eigenvalue weighted by molar-refractivity contribution is 5.85. The van der Waals surface area contributed by atoms with Crippen molar-refractivity contribution in [3.63, 3.8) is 0 Å². The minimum absolute atomic E-state index is 0.354. The first-order valence-electron chi connectivity index (χ1n) is 7.13. The Morgan fingerprint density at radius 1 is 1.35 bits per heavy atom. The van der Waals surface area contributed by atoms with Gasteiger partial charge in [0.1, 0.15) is 17.9 Å². The Hall–Kier alpha value is -2.83. The number of hydrogen-bond donors (Lipinski definition) is 2. The van der Waals surface area contributed by atoms with Gasteiger partial charge in [-0.1, -0.05) is 6.92 Å². The van der Waals surface area contributed by atoms with Crippen molar-refractivity contribution >= 4 is 22.8 Å². The van der Waals surface area contributed by atoms with Crippen molar-refractivity contribution < 1.29 is 23.8 Å². The fourth-order valence-electron chi connectivity index (χ4n) is 2.14. The van der Waals surface area contributed by atoms with Crippen LogP contribution in [0.1, 0.15) is 19.4 Å². The lowest BCUT2D eigenvalue weighted by Crippen LogP contribution is -2.39. The van der Waals surface area contributed by atoms with E-state index in [0.29, 0.717) is 17.8 Å². The molecule has 1 unspecified atom stereocenters. The van der Waals surface area contributed by atoms with Crippen LogP contribution >= 0.6 is 0 Å². The molecule has 1 atom stereocenters. The molecule has 1 aromatic heterocycles. The van der Waals surface area contributed by atoms with Gasteiger partial charge in [0.25, 0.3) is 5.91 Å². The number of fused-ring (bicyclic) bond motifs is 1. The van der Waals surface area contributed by atoms with Gasteiger partial charge in [-0.2, -0.15) is 0 Å². The summed E-state index contributed by atoms with van der Waals surface area (Å²) in [5.74, 6) is -1.33. The zero-order valence-electron chi connectivity index (χ0n) is 12.8. The predicted molar refractivity (Wildman–Crippen MR) is 82.6 cm³/mol. The topological polar surface area (TPSA) is 106 Å². The summed E-state index contributed by atoms with van der Waals surface area (Å²) >= 11 is 0. The molecule has 23 heavy (non-hydrogen) atoms. The molecule has 0 aliphatic rings. The van der Waals surface area contributed by atoms with Crippen LogP contribution in [0.4, 0.5) is 0 Å². The fourth-order valence-corrected chi connectivity index (χ4v) is 2.14. The first kappa shape index (κ1) is 16.5. The largest absolute Gasteiger partial charge is 0.481 e. The maximum absolute atomic E-state index is 11.7. The molecule has 0 saturated carbocycles. The molecule has 0 radical (unpaired) electrons. The van der Waals surface area contributed by atoms with E-state index in [1.807, 2.05) is 6.92 Å². The second-order valence-corrected chi connectivity index (χ2v) is 4.97. The molecule has 1 amide bonds. The highest BCUT2D eigenvalue weighted by Crippen LogP contribution is 2.23. The summed E-state index contributed by atoms with van der Waals surface area (Å²) in [7, 11) is 0. The molecule has 0 spiro atoms. The van der Waals surface area contributed by atoms with E-state index in [1.165, 1.54) is 19.1 Å².